The molecule has 4 atom stereocenters. The average molecular weight is 290 g/mol. The van der Waals surface area contributed by atoms with Crippen LogP contribution in [0, 0.1) is 17.8 Å². The monoisotopic (exact) mass is 290 g/mol. The van der Waals surface area contributed by atoms with Crippen LogP contribution in [0.3, 0.4) is 0 Å². The Morgan fingerprint density at radius 2 is 1.90 bits per heavy atom. The van der Waals surface area contributed by atoms with Crippen LogP contribution in [-0.4, -0.2) is 17.2 Å². The minimum Gasteiger partial charge on any atom is -0.460 e. The molecule has 0 aliphatic heterocycles. The topological polar surface area (TPSA) is 46.5 Å². The number of aliphatic hydroxyl groups excluding tert-OH is 1. The molecule has 3 nitrogen and oxygen atoms in total. The van der Waals surface area contributed by atoms with Gasteiger partial charge in [0.25, 0.3) is 0 Å². The normalized spacial score (nSPS) is 27.4. The van der Waals surface area contributed by atoms with Gasteiger partial charge in [0, 0.05) is 0 Å². The maximum absolute atomic E-state index is 12.2. The third kappa shape index (κ3) is 4.07. The summed E-state index contributed by atoms with van der Waals surface area (Å²) in [4.78, 5) is 12.2. The van der Waals surface area contributed by atoms with Crippen molar-refractivity contribution < 1.29 is 14.6 Å². The molecular formula is C18H26O3. The number of carbonyl (C=O) groups is 1. The van der Waals surface area contributed by atoms with E-state index in [-0.39, 0.29) is 6.10 Å². The van der Waals surface area contributed by atoms with E-state index in [1.807, 2.05) is 18.2 Å². The molecule has 0 amide bonds. The quantitative estimate of drug-likeness (QED) is 0.860. The van der Waals surface area contributed by atoms with E-state index in [0.717, 1.165) is 12.8 Å². The molecule has 3 heteroatoms. The van der Waals surface area contributed by atoms with Crippen molar-refractivity contribution in [3.8, 4) is 0 Å². The van der Waals surface area contributed by atoms with E-state index in [1.54, 1.807) is 12.1 Å². The predicted molar refractivity (Wildman–Crippen MR) is 82.6 cm³/mol. The summed E-state index contributed by atoms with van der Waals surface area (Å²) in [6.45, 7) is 6.55. The number of hydrogen-bond donors (Lipinski definition) is 1. The molecule has 0 bridgehead atoms. The molecule has 1 aromatic carbocycles. The fraction of sp³-hybridized carbons (Fsp3) is 0.611. The third-order valence-electron chi connectivity index (χ3n) is 4.57. The summed E-state index contributed by atoms with van der Waals surface area (Å²) in [6, 6.07) is 8.97. The Morgan fingerprint density at radius 1 is 1.24 bits per heavy atom. The Hall–Kier alpha value is -1.35. The predicted octanol–water partition coefficient (Wildman–Crippen LogP) is 3.72. The van der Waals surface area contributed by atoms with Crippen molar-refractivity contribution in [3.05, 3.63) is 35.9 Å². The van der Waals surface area contributed by atoms with Crippen LogP contribution >= 0.6 is 0 Å². The van der Waals surface area contributed by atoms with Gasteiger partial charge in [0.05, 0.1) is 0 Å². The lowest BCUT2D eigenvalue weighted by molar-refractivity contribution is -0.166. The van der Waals surface area contributed by atoms with Crippen LogP contribution in [0.25, 0.3) is 0 Å². The van der Waals surface area contributed by atoms with E-state index in [2.05, 4.69) is 20.8 Å². The Kier molecular flexibility index (Phi) is 5.40. The van der Waals surface area contributed by atoms with Gasteiger partial charge in [0.1, 0.15) is 6.10 Å². The minimum atomic E-state index is -1.18. The molecule has 2 rings (SSSR count). The van der Waals surface area contributed by atoms with Gasteiger partial charge >= 0.3 is 5.97 Å². The molecule has 1 saturated carbocycles. The maximum atomic E-state index is 12.2. The van der Waals surface area contributed by atoms with Crippen molar-refractivity contribution in [2.24, 2.45) is 17.8 Å². The van der Waals surface area contributed by atoms with Gasteiger partial charge in [-0.1, -0.05) is 57.5 Å². The molecule has 0 heterocycles. The first-order chi connectivity index (χ1) is 9.99. The third-order valence-corrected chi connectivity index (χ3v) is 4.57. The number of benzene rings is 1. The fourth-order valence-electron chi connectivity index (χ4n) is 3.24. The van der Waals surface area contributed by atoms with E-state index in [9.17, 15) is 9.90 Å². The molecule has 1 N–H and O–H groups in total. The number of esters is 1. The van der Waals surface area contributed by atoms with Crippen LogP contribution in [0.2, 0.25) is 0 Å². The van der Waals surface area contributed by atoms with Crippen molar-refractivity contribution in [2.45, 2.75) is 52.2 Å². The van der Waals surface area contributed by atoms with Crippen molar-refractivity contribution in [1.29, 1.82) is 0 Å². The molecule has 0 aromatic heterocycles. The summed E-state index contributed by atoms with van der Waals surface area (Å²) in [6.07, 6.45) is 1.93. The highest BCUT2D eigenvalue weighted by atomic mass is 16.6. The number of carbonyl (C=O) groups excluding carboxylic acids is 1. The lowest BCUT2D eigenvalue weighted by Crippen LogP contribution is -2.37. The summed E-state index contributed by atoms with van der Waals surface area (Å²) >= 11 is 0. The number of rotatable bonds is 4. The van der Waals surface area contributed by atoms with Crippen molar-refractivity contribution in [1.82, 2.24) is 0 Å². The van der Waals surface area contributed by atoms with Gasteiger partial charge in [0.2, 0.25) is 0 Å². The molecular weight excluding hydrogens is 264 g/mol. The maximum Gasteiger partial charge on any atom is 0.339 e. The van der Waals surface area contributed by atoms with Gasteiger partial charge in [-0.05, 0) is 36.2 Å². The molecule has 1 unspecified atom stereocenters. The Labute approximate surface area is 127 Å². The molecule has 0 radical (unpaired) electrons. The highest BCUT2D eigenvalue weighted by Gasteiger charge is 2.34. The van der Waals surface area contributed by atoms with E-state index in [0.29, 0.717) is 23.3 Å². The van der Waals surface area contributed by atoms with Crippen molar-refractivity contribution >= 4 is 5.97 Å². The standard InChI is InChI=1S/C18H26O3/c1-12(2)15-10-9-13(3)11-16(15)21-18(20)17(19)14-7-5-4-6-8-14/h4-8,12-13,15-17,19H,9-11H2,1-3H3/t13-,15+,16-,17?/m0/s1. The summed E-state index contributed by atoms with van der Waals surface area (Å²) < 4.78 is 5.66. The first-order valence-electron chi connectivity index (χ1n) is 7.92. The largest absolute Gasteiger partial charge is 0.460 e. The highest BCUT2D eigenvalue weighted by molar-refractivity contribution is 5.76. The highest BCUT2D eigenvalue weighted by Crippen LogP contribution is 2.36. The summed E-state index contributed by atoms with van der Waals surface area (Å²) in [7, 11) is 0. The van der Waals surface area contributed by atoms with Crippen LogP contribution in [0.15, 0.2) is 30.3 Å². The smallest absolute Gasteiger partial charge is 0.339 e. The number of hydrogen-bond acceptors (Lipinski definition) is 3. The van der Waals surface area contributed by atoms with Crippen LogP contribution in [-0.2, 0) is 9.53 Å². The van der Waals surface area contributed by atoms with Crippen LogP contribution < -0.4 is 0 Å². The molecule has 1 aliphatic rings. The van der Waals surface area contributed by atoms with E-state index >= 15 is 0 Å². The van der Waals surface area contributed by atoms with Crippen molar-refractivity contribution in [3.63, 3.8) is 0 Å². The van der Waals surface area contributed by atoms with E-state index in [4.69, 9.17) is 4.74 Å². The second-order valence-electron chi connectivity index (χ2n) is 6.61. The zero-order valence-corrected chi connectivity index (χ0v) is 13.2. The summed E-state index contributed by atoms with van der Waals surface area (Å²) in [5, 5.41) is 10.1. The molecule has 1 aromatic rings. The molecule has 21 heavy (non-hydrogen) atoms. The first kappa shape index (κ1) is 16.0. The van der Waals surface area contributed by atoms with Gasteiger partial charge < -0.3 is 9.84 Å². The summed E-state index contributed by atoms with van der Waals surface area (Å²) in [5.74, 6) is 0.940. The number of ether oxygens (including phenoxy) is 1. The van der Waals surface area contributed by atoms with E-state index in [1.165, 1.54) is 6.42 Å². The zero-order valence-electron chi connectivity index (χ0n) is 13.2. The van der Waals surface area contributed by atoms with Gasteiger partial charge in [-0.15, -0.1) is 0 Å². The second kappa shape index (κ2) is 7.08. The second-order valence-corrected chi connectivity index (χ2v) is 6.61. The Bertz CT molecular complexity index is 455. The molecule has 1 fully saturated rings. The van der Waals surface area contributed by atoms with Crippen molar-refractivity contribution in [2.75, 3.05) is 0 Å². The Morgan fingerprint density at radius 3 is 2.52 bits per heavy atom. The van der Waals surface area contributed by atoms with Crippen LogP contribution in [0.1, 0.15) is 51.7 Å². The van der Waals surface area contributed by atoms with Crippen LogP contribution in [0.4, 0.5) is 0 Å². The average Bonchev–Trinajstić information content (AvgIpc) is 2.47. The fourth-order valence-corrected chi connectivity index (χ4v) is 3.24. The zero-order chi connectivity index (χ0) is 15.4. The first-order valence-corrected chi connectivity index (χ1v) is 7.92. The Balaban J connectivity index is 2.02. The molecule has 1 aliphatic carbocycles. The van der Waals surface area contributed by atoms with E-state index < -0.39 is 12.1 Å². The minimum absolute atomic E-state index is 0.0698. The van der Waals surface area contributed by atoms with Gasteiger partial charge in [0.15, 0.2) is 6.10 Å². The van der Waals surface area contributed by atoms with Gasteiger partial charge in [-0.3, -0.25) is 0 Å². The van der Waals surface area contributed by atoms with Crippen LogP contribution in [0.5, 0.6) is 0 Å². The molecule has 0 saturated heterocycles. The molecule has 0 spiro atoms. The van der Waals surface area contributed by atoms with Gasteiger partial charge in [-0.2, -0.15) is 0 Å². The SMILES string of the molecule is CC(C)[C@H]1CC[C@H](C)C[C@@H]1OC(=O)C(O)c1ccccc1. The summed E-state index contributed by atoms with van der Waals surface area (Å²) in [5.41, 5.74) is 0.590. The lowest BCUT2D eigenvalue weighted by atomic mass is 9.75. The lowest BCUT2D eigenvalue weighted by Gasteiger charge is -2.37. The molecule has 116 valence electrons. The van der Waals surface area contributed by atoms with Gasteiger partial charge in [-0.25, -0.2) is 4.79 Å². The number of aliphatic hydroxyl groups is 1.